The number of anilines is 1. The maximum atomic E-state index is 13.6. The molecule has 2 aromatic carbocycles. The quantitative estimate of drug-likeness (QED) is 0.212. The zero-order valence-corrected chi connectivity index (χ0v) is 20.6. The molecule has 0 radical (unpaired) electrons. The minimum absolute atomic E-state index is 0. The number of carboxylic acid groups (broad SMARTS) is 1. The van der Waals surface area contributed by atoms with Crippen LogP contribution >= 0.6 is 12.4 Å². The van der Waals surface area contributed by atoms with E-state index in [4.69, 9.17) is 10.6 Å². The first-order valence-corrected chi connectivity index (χ1v) is 12.1. The molecule has 1 saturated heterocycles. The third-order valence-corrected chi connectivity index (χ3v) is 7.27. The molecule has 2 aromatic rings. The fourth-order valence-electron chi connectivity index (χ4n) is 3.68. The second-order valence-electron chi connectivity index (χ2n) is 7.99. The first-order valence-electron chi connectivity index (χ1n) is 10.6. The summed E-state index contributed by atoms with van der Waals surface area (Å²) in [5, 5.41) is 12.8. The van der Waals surface area contributed by atoms with Crippen LogP contribution in [0.1, 0.15) is 18.4 Å². The predicted octanol–water partition coefficient (Wildman–Crippen LogP) is 3.40. The number of alkyl halides is 3. The minimum atomic E-state index is -4.81. The summed E-state index contributed by atoms with van der Waals surface area (Å²) < 4.78 is 73.3. The predicted molar refractivity (Wildman–Crippen MR) is 130 cm³/mol. The highest BCUT2D eigenvalue weighted by atomic mass is 35.5. The van der Waals surface area contributed by atoms with Crippen molar-refractivity contribution in [2.75, 3.05) is 30.5 Å². The highest BCUT2D eigenvalue weighted by Gasteiger charge is 2.34. The zero-order valence-electron chi connectivity index (χ0n) is 19.0. The van der Waals surface area contributed by atoms with Gasteiger partial charge in [-0.1, -0.05) is 18.2 Å². The van der Waals surface area contributed by atoms with E-state index >= 15 is 0 Å². The SMILES string of the molecule is Cl.NN=CN1CCC(COc2cc(N(CC(=O)O)S(=O)(=O)c3ccccc3)cc(C(F)(F)F)c2)CC1. The van der Waals surface area contributed by atoms with E-state index in [9.17, 15) is 31.5 Å². The number of nitrogens with zero attached hydrogens (tertiary/aromatic N) is 3. The lowest BCUT2D eigenvalue weighted by atomic mass is 9.98. The topological polar surface area (TPSA) is 126 Å². The van der Waals surface area contributed by atoms with Gasteiger partial charge in [-0.15, -0.1) is 12.4 Å². The lowest BCUT2D eigenvalue weighted by molar-refractivity contribution is -0.137. The van der Waals surface area contributed by atoms with Crippen LogP contribution in [0.2, 0.25) is 0 Å². The van der Waals surface area contributed by atoms with Crippen molar-refractivity contribution in [1.82, 2.24) is 4.90 Å². The van der Waals surface area contributed by atoms with Crippen LogP contribution in [0, 0.1) is 5.92 Å². The largest absolute Gasteiger partial charge is 0.493 e. The van der Waals surface area contributed by atoms with E-state index in [-0.39, 0.29) is 35.6 Å². The molecular formula is C22H26ClF3N4O5S. The van der Waals surface area contributed by atoms with Crippen molar-refractivity contribution in [3.63, 3.8) is 0 Å². The van der Waals surface area contributed by atoms with E-state index in [0.29, 0.717) is 36.3 Å². The van der Waals surface area contributed by atoms with Crippen LogP contribution in [0.25, 0.3) is 0 Å². The van der Waals surface area contributed by atoms with Crippen molar-refractivity contribution in [2.45, 2.75) is 23.9 Å². The molecule has 1 heterocycles. The highest BCUT2D eigenvalue weighted by Crippen LogP contribution is 2.37. The molecule has 3 rings (SSSR count). The summed E-state index contributed by atoms with van der Waals surface area (Å²) in [5.74, 6) is 3.46. The zero-order chi connectivity index (χ0) is 25.6. The molecule has 0 bridgehead atoms. The number of carbonyl (C=O) groups is 1. The maximum Gasteiger partial charge on any atom is 0.416 e. The summed E-state index contributed by atoms with van der Waals surface area (Å²) in [6, 6.07) is 9.36. The molecule has 0 saturated carbocycles. The van der Waals surface area contributed by atoms with Crippen molar-refractivity contribution in [2.24, 2.45) is 16.9 Å². The molecule has 198 valence electrons. The van der Waals surface area contributed by atoms with Gasteiger partial charge in [-0.3, -0.25) is 9.10 Å². The number of likely N-dealkylation sites (tertiary alicyclic amines) is 1. The van der Waals surface area contributed by atoms with Gasteiger partial charge in [0, 0.05) is 19.2 Å². The summed E-state index contributed by atoms with van der Waals surface area (Å²) in [5.41, 5.74) is -1.62. The Hall–Kier alpha value is -3.19. The van der Waals surface area contributed by atoms with Gasteiger partial charge in [0.1, 0.15) is 18.6 Å². The molecule has 1 fully saturated rings. The summed E-state index contributed by atoms with van der Waals surface area (Å²) in [6.07, 6.45) is -1.90. The number of carboxylic acids is 1. The Labute approximate surface area is 212 Å². The number of ether oxygens (including phenoxy) is 1. The molecular weight excluding hydrogens is 525 g/mol. The minimum Gasteiger partial charge on any atom is -0.493 e. The standard InChI is InChI=1S/C22H25F3N4O5S.ClH/c23-22(24,25)17-10-18(29(13-21(30)31)35(32,33)20-4-2-1-3-5-20)12-19(11-17)34-14-16-6-8-28(9-7-16)15-27-26;/h1-5,10-12,15-16H,6-9,13-14,26H2,(H,30,31);1H. The highest BCUT2D eigenvalue weighted by molar-refractivity contribution is 7.92. The van der Waals surface area contributed by atoms with Gasteiger partial charge in [0.25, 0.3) is 10.0 Å². The van der Waals surface area contributed by atoms with Gasteiger partial charge in [0.2, 0.25) is 0 Å². The number of benzene rings is 2. The number of hydrazone groups is 1. The Kier molecular flexibility index (Phi) is 9.82. The van der Waals surface area contributed by atoms with Crippen LogP contribution in [-0.2, 0) is 21.0 Å². The van der Waals surface area contributed by atoms with Gasteiger partial charge in [-0.2, -0.15) is 18.3 Å². The van der Waals surface area contributed by atoms with Crippen LogP contribution in [0.15, 0.2) is 58.5 Å². The molecule has 14 heteroatoms. The summed E-state index contributed by atoms with van der Waals surface area (Å²) >= 11 is 0. The molecule has 0 atom stereocenters. The first kappa shape index (κ1) is 29.0. The van der Waals surface area contributed by atoms with Crippen LogP contribution in [0.5, 0.6) is 5.75 Å². The van der Waals surface area contributed by atoms with Gasteiger partial charge >= 0.3 is 12.1 Å². The average Bonchev–Trinajstić information content (AvgIpc) is 2.82. The summed E-state index contributed by atoms with van der Waals surface area (Å²) in [4.78, 5) is 13.1. The van der Waals surface area contributed by atoms with Gasteiger partial charge in [0.15, 0.2) is 0 Å². The number of hydrogen-bond acceptors (Lipinski definition) is 6. The fourth-order valence-corrected chi connectivity index (χ4v) is 5.09. The van der Waals surface area contributed by atoms with E-state index in [1.54, 1.807) is 6.07 Å². The second kappa shape index (κ2) is 12.2. The number of nitrogens with two attached hydrogens (primary N) is 1. The van der Waals surface area contributed by atoms with Crippen LogP contribution in [-0.4, -0.2) is 57.0 Å². The van der Waals surface area contributed by atoms with Crippen molar-refractivity contribution in [3.05, 3.63) is 54.1 Å². The smallest absolute Gasteiger partial charge is 0.416 e. The van der Waals surface area contributed by atoms with Crippen molar-refractivity contribution in [1.29, 1.82) is 0 Å². The molecule has 1 aliphatic rings. The molecule has 3 N–H and O–H groups in total. The number of rotatable bonds is 9. The Morgan fingerprint density at radius 3 is 2.39 bits per heavy atom. The lowest BCUT2D eigenvalue weighted by Gasteiger charge is -2.30. The molecule has 1 aliphatic heterocycles. The van der Waals surface area contributed by atoms with Gasteiger partial charge < -0.3 is 20.6 Å². The number of sulfonamides is 1. The summed E-state index contributed by atoms with van der Waals surface area (Å²) in [7, 11) is -4.47. The average molecular weight is 551 g/mol. The van der Waals surface area contributed by atoms with Gasteiger partial charge in [-0.25, -0.2) is 8.42 Å². The molecule has 0 aromatic heterocycles. The molecule has 0 spiro atoms. The van der Waals surface area contributed by atoms with Gasteiger partial charge in [0.05, 0.1) is 22.8 Å². The van der Waals surface area contributed by atoms with E-state index in [2.05, 4.69) is 5.10 Å². The van der Waals surface area contributed by atoms with Crippen LogP contribution in [0.3, 0.4) is 0 Å². The Morgan fingerprint density at radius 1 is 1.19 bits per heavy atom. The van der Waals surface area contributed by atoms with Crippen molar-refractivity contribution in [3.8, 4) is 5.75 Å². The summed E-state index contributed by atoms with van der Waals surface area (Å²) in [6.45, 7) is 0.354. The first-order chi connectivity index (χ1) is 16.5. The number of hydrogen-bond donors (Lipinski definition) is 2. The fraction of sp³-hybridized carbons (Fsp3) is 0.364. The van der Waals surface area contributed by atoms with E-state index in [1.807, 2.05) is 4.90 Å². The normalized spacial score (nSPS) is 14.9. The third-order valence-electron chi connectivity index (χ3n) is 5.48. The molecule has 0 amide bonds. The molecule has 0 aliphatic carbocycles. The van der Waals surface area contributed by atoms with E-state index in [0.717, 1.165) is 12.1 Å². The molecule has 36 heavy (non-hydrogen) atoms. The lowest BCUT2D eigenvalue weighted by Crippen LogP contribution is -2.36. The van der Waals surface area contributed by atoms with E-state index in [1.165, 1.54) is 30.6 Å². The monoisotopic (exact) mass is 550 g/mol. The van der Waals surface area contributed by atoms with E-state index < -0.39 is 40.0 Å². The number of aliphatic carboxylic acids is 1. The van der Waals surface area contributed by atoms with Crippen molar-refractivity contribution < 1.29 is 36.2 Å². The van der Waals surface area contributed by atoms with Crippen molar-refractivity contribution >= 4 is 40.4 Å². The van der Waals surface area contributed by atoms with Crippen LogP contribution < -0.4 is 14.9 Å². The van der Waals surface area contributed by atoms with Crippen LogP contribution in [0.4, 0.5) is 18.9 Å². The Morgan fingerprint density at radius 2 is 1.83 bits per heavy atom. The molecule has 9 nitrogen and oxygen atoms in total. The third kappa shape index (κ3) is 7.40. The Bertz CT molecular complexity index is 1160. The Balaban J connectivity index is 0.00000456. The number of piperidine rings is 1. The van der Waals surface area contributed by atoms with Gasteiger partial charge in [-0.05, 0) is 43.0 Å². The number of halogens is 4. The maximum absolute atomic E-state index is 13.6. The second-order valence-corrected chi connectivity index (χ2v) is 9.85. The molecule has 0 unspecified atom stereocenters.